The standard InChI is InChI=1S/C18H16N8O2S2/c19-17-22-18(21-12-6-8-14(9-7-12)30(20,27)28)25-26(17)15-10-11-16(24-23-15)29-13-4-2-1-3-5-13/h1-11H,(H2,20,27,28)(H3,19,21,22,25). The molecule has 0 aliphatic heterocycles. The highest BCUT2D eigenvalue weighted by atomic mass is 32.2. The summed E-state index contributed by atoms with van der Waals surface area (Å²) in [7, 11) is -3.75. The number of nitrogens with two attached hydrogens (primary N) is 2. The summed E-state index contributed by atoms with van der Waals surface area (Å²) in [6.45, 7) is 0. The van der Waals surface area contributed by atoms with E-state index in [1.54, 1.807) is 18.2 Å². The molecule has 5 N–H and O–H groups in total. The Labute approximate surface area is 176 Å². The molecule has 152 valence electrons. The molecule has 0 bridgehead atoms. The summed E-state index contributed by atoms with van der Waals surface area (Å²) in [4.78, 5) is 5.21. The number of primary sulfonamides is 1. The van der Waals surface area contributed by atoms with Crippen LogP contribution < -0.4 is 16.2 Å². The molecular weight excluding hydrogens is 424 g/mol. The Balaban J connectivity index is 1.49. The lowest BCUT2D eigenvalue weighted by Gasteiger charge is -2.03. The lowest BCUT2D eigenvalue weighted by atomic mass is 10.3. The molecule has 0 spiro atoms. The maximum absolute atomic E-state index is 11.3. The van der Waals surface area contributed by atoms with Crippen molar-refractivity contribution in [2.45, 2.75) is 14.8 Å². The largest absolute Gasteiger partial charge is 0.368 e. The SMILES string of the molecule is Nc1nc(Nc2ccc(S(N)(=O)=O)cc2)nn1-c1ccc(Sc2ccccc2)nn1. The zero-order chi connectivity index (χ0) is 21.1. The van der Waals surface area contributed by atoms with E-state index < -0.39 is 10.0 Å². The molecule has 2 aromatic heterocycles. The number of anilines is 3. The Hall–Kier alpha value is -3.48. The molecule has 0 saturated heterocycles. The molecule has 0 amide bonds. The van der Waals surface area contributed by atoms with Gasteiger partial charge in [-0.2, -0.15) is 9.67 Å². The number of sulfonamides is 1. The Morgan fingerprint density at radius 1 is 0.933 bits per heavy atom. The van der Waals surface area contributed by atoms with E-state index in [9.17, 15) is 8.42 Å². The summed E-state index contributed by atoms with van der Waals surface area (Å²) in [6.07, 6.45) is 0. The van der Waals surface area contributed by atoms with Gasteiger partial charge in [0.2, 0.25) is 21.9 Å². The van der Waals surface area contributed by atoms with Gasteiger partial charge in [-0.25, -0.2) is 13.6 Å². The van der Waals surface area contributed by atoms with Gasteiger partial charge >= 0.3 is 0 Å². The molecule has 0 aliphatic rings. The first-order valence-corrected chi connectivity index (χ1v) is 10.9. The van der Waals surface area contributed by atoms with Crippen molar-refractivity contribution < 1.29 is 8.42 Å². The van der Waals surface area contributed by atoms with E-state index in [1.807, 2.05) is 36.4 Å². The number of hydrogen-bond donors (Lipinski definition) is 3. The second-order valence-corrected chi connectivity index (χ2v) is 8.70. The maximum atomic E-state index is 11.3. The van der Waals surface area contributed by atoms with Crippen LogP contribution in [0.2, 0.25) is 0 Å². The molecular formula is C18H16N8O2S2. The summed E-state index contributed by atoms with van der Waals surface area (Å²) in [5.74, 6) is 0.756. The Morgan fingerprint density at radius 3 is 2.30 bits per heavy atom. The average Bonchev–Trinajstić information content (AvgIpc) is 3.09. The van der Waals surface area contributed by atoms with Crippen molar-refractivity contribution in [3.63, 3.8) is 0 Å². The molecule has 10 nitrogen and oxygen atoms in total. The lowest BCUT2D eigenvalue weighted by Crippen LogP contribution is -2.11. The van der Waals surface area contributed by atoms with E-state index >= 15 is 0 Å². The first kappa shape index (κ1) is 19.8. The third-order valence-electron chi connectivity index (χ3n) is 3.88. The molecule has 2 heterocycles. The van der Waals surface area contributed by atoms with Gasteiger partial charge in [0, 0.05) is 10.6 Å². The summed E-state index contributed by atoms with van der Waals surface area (Å²) in [6, 6.07) is 19.3. The summed E-state index contributed by atoms with van der Waals surface area (Å²) in [5, 5.41) is 21.4. The van der Waals surface area contributed by atoms with E-state index in [-0.39, 0.29) is 16.8 Å². The van der Waals surface area contributed by atoms with Crippen LogP contribution in [0.4, 0.5) is 17.6 Å². The number of benzene rings is 2. The predicted octanol–water partition coefficient (Wildman–Crippen LogP) is 2.18. The van der Waals surface area contributed by atoms with Crippen LogP contribution in [0.15, 0.2) is 81.5 Å². The number of aromatic nitrogens is 5. The molecule has 0 unspecified atom stereocenters. The smallest absolute Gasteiger partial charge is 0.248 e. The van der Waals surface area contributed by atoms with Crippen LogP contribution >= 0.6 is 11.8 Å². The first-order chi connectivity index (χ1) is 14.4. The van der Waals surface area contributed by atoms with Crippen LogP contribution in [0.25, 0.3) is 5.82 Å². The summed E-state index contributed by atoms with van der Waals surface area (Å²) in [5.41, 5.74) is 6.52. The predicted molar refractivity (Wildman–Crippen MR) is 113 cm³/mol. The molecule has 0 aliphatic carbocycles. The third kappa shape index (κ3) is 4.56. The molecule has 4 rings (SSSR count). The molecule has 30 heavy (non-hydrogen) atoms. The van der Waals surface area contributed by atoms with Crippen LogP contribution in [0.1, 0.15) is 0 Å². The van der Waals surface area contributed by atoms with Crippen molar-refractivity contribution in [3.05, 3.63) is 66.7 Å². The van der Waals surface area contributed by atoms with Crippen molar-refractivity contribution in [1.82, 2.24) is 25.0 Å². The molecule has 0 fully saturated rings. The summed E-state index contributed by atoms with van der Waals surface area (Å²) >= 11 is 1.49. The Bertz CT molecular complexity index is 1260. The highest BCUT2D eigenvalue weighted by Crippen LogP contribution is 2.25. The zero-order valence-corrected chi connectivity index (χ0v) is 17.0. The zero-order valence-electron chi connectivity index (χ0n) is 15.4. The minimum absolute atomic E-state index is 0.00906. The maximum Gasteiger partial charge on any atom is 0.248 e. The van der Waals surface area contributed by atoms with Gasteiger partial charge in [0.05, 0.1) is 4.90 Å². The van der Waals surface area contributed by atoms with E-state index in [4.69, 9.17) is 10.9 Å². The van der Waals surface area contributed by atoms with Crippen molar-refractivity contribution in [1.29, 1.82) is 0 Å². The second kappa shape index (κ2) is 8.10. The highest BCUT2D eigenvalue weighted by molar-refractivity contribution is 7.99. The van der Waals surface area contributed by atoms with Gasteiger partial charge in [-0.05, 0) is 48.5 Å². The number of nitrogen functional groups attached to an aromatic ring is 1. The molecule has 0 atom stereocenters. The second-order valence-electron chi connectivity index (χ2n) is 6.04. The van der Waals surface area contributed by atoms with Crippen molar-refractivity contribution in [2.75, 3.05) is 11.1 Å². The van der Waals surface area contributed by atoms with E-state index in [1.165, 1.54) is 28.6 Å². The van der Waals surface area contributed by atoms with Crippen LogP contribution in [-0.2, 0) is 10.0 Å². The fourth-order valence-corrected chi connectivity index (χ4v) is 3.76. The molecule has 0 radical (unpaired) electrons. The lowest BCUT2D eigenvalue weighted by molar-refractivity contribution is 0.598. The Morgan fingerprint density at radius 2 is 1.67 bits per heavy atom. The van der Waals surface area contributed by atoms with Gasteiger partial charge < -0.3 is 11.1 Å². The molecule has 4 aromatic rings. The van der Waals surface area contributed by atoms with Crippen molar-refractivity contribution >= 4 is 39.4 Å². The van der Waals surface area contributed by atoms with E-state index in [0.717, 1.165) is 9.92 Å². The van der Waals surface area contributed by atoms with Gasteiger partial charge in [0.15, 0.2) is 5.82 Å². The topological polar surface area (TPSA) is 155 Å². The van der Waals surface area contributed by atoms with Crippen LogP contribution in [0, 0.1) is 0 Å². The first-order valence-electron chi connectivity index (χ1n) is 8.58. The molecule has 0 saturated carbocycles. The Kier molecular flexibility index (Phi) is 5.35. The minimum Gasteiger partial charge on any atom is -0.368 e. The van der Waals surface area contributed by atoms with E-state index in [0.29, 0.717) is 11.5 Å². The molecule has 12 heteroatoms. The third-order valence-corrected chi connectivity index (χ3v) is 5.74. The van der Waals surface area contributed by atoms with Crippen LogP contribution in [-0.4, -0.2) is 33.4 Å². The van der Waals surface area contributed by atoms with Crippen LogP contribution in [0.3, 0.4) is 0 Å². The number of rotatable bonds is 6. The number of hydrogen-bond acceptors (Lipinski definition) is 9. The van der Waals surface area contributed by atoms with Gasteiger partial charge in [-0.1, -0.05) is 30.0 Å². The average molecular weight is 441 g/mol. The fourth-order valence-electron chi connectivity index (χ4n) is 2.49. The van der Waals surface area contributed by atoms with Crippen molar-refractivity contribution in [2.24, 2.45) is 5.14 Å². The van der Waals surface area contributed by atoms with E-state index in [2.05, 4.69) is 25.6 Å². The highest BCUT2D eigenvalue weighted by Gasteiger charge is 2.12. The van der Waals surface area contributed by atoms with Gasteiger partial charge in [0.1, 0.15) is 5.03 Å². The van der Waals surface area contributed by atoms with Gasteiger partial charge in [-0.3, -0.25) is 0 Å². The molecule has 2 aromatic carbocycles. The van der Waals surface area contributed by atoms with Crippen LogP contribution in [0.5, 0.6) is 0 Å². The number of nitrogens with zero attached hydrogens (tertiary/aromatic N) is 5. The van der Waals surface area contributed by atoms with Gasteiger partial charge in [0.25, 0.3) is 0 Å². The summed E-state index contributed by atoms with van der Waals surface area (Å²) < 4.78 is 24.0. The normalized spacial score (nSPS) is 11.4. The quantitative estimate of drug-likeness (QED) is 0.409. The fraction of sp³-hybridized carbons (Fsp3) is 0. The van der Waals surface area contributed by atoms with Crippen molar-refractivity contribution in [3.8, 4) is 5.82 Å². The number of nitrogens with one attached hydrogen (secondary N) is 1. The minimum atomic E-state index is -3.75. The monoisotopic (exact) mass is 440 g/mol. The van der Waals surface area contributed by atoms with Gasteiger partial charge in [-0.15, -0.1) is 15.3 Å².